The van der Waals surface area contributed by atoms with E-state index in [2.05, 4.69) is 5.10 Å². The van der Waals surface area contributed by atoms with E-state index in [9.17, 15) is 14.0 Å². The SMILES string of the molecule is CC(=O)c1c(F)cccc1-n1ccc(C(=O)N(C)C)n1. The van der Waals surface area contributed by atoms with Crippen molar-refractivity contribution in [3.8, 4) is 5.69 Å². The topological polar surface area (TPSA) is 55.2 Å². The first-order valence-corrected chi connectivity index (χ1v) is 5.99. The summed E-state index contributed by atoms with van der Waals surface area (Å²) < 4.78 is 15.1. The lowest BCUT2D eigenvalue weighted by Crippen LogP contribution is -2.22. The van der Waals surface area contributed by atoms with Gasteiger partial charge in [-0.2, -0.15) is 5.10 Å². The molecule has 0 saturated carbocycles. The van der Waals surface area contributed by atoms with Crippen LogP contribution >= 0.6 is 0 Å². The van der Waals surface area contributed by atoms with Crippen molar-refractivity contribution < 1.29 is 14.0 Å². The number of carbonyl (C=O) groups excluding carboxylic acids is 2. The van der Waals surface area contributed by atoms with Gasteiger partial charge < -0.3 is 4.90 Å². The van der Waals surface area contributed by atoms with E-state index in [1.165, 1.54) is 40.9 Å². The van der Waals surface area contributed by atoms with Crippen molar-refractivity contribution in [2.75, 3.05) is 14.1 Å². The molecule has 2 aromatic rings. The number of halogens is 1. The quantitative estimate of drug-likeness (QED) is 0.804. The van der Waals surface area contributed by atoms with E-state index in [0.717, 1.165) is 0 Å². The molecule has 0 bridgehead atoms. The lowest BCUT2D eigenvalue weighted by atomic mass is 10.1. The van der Waals surface area contributed by atoms with Crippen molar-refractivity contribution in [3.05, 3.63) is 47.5 Å². The van der Waals surface area contributed by atoms with Crippen molar-refractivity contribution in [2.24, 2.45) is 0 Å². The zero-order valence-corrected chi connectivity index (χ0v) is 11.4. The van der Waals surface area contributed by atoms with Gasteiger partial charge in [-0.05, 0) is 25.1 Å². The van der Waals surface area contributed by atoms with Crippen LogP contribution < -0.4 is 0 Å². The van der Waals surface area contributed by atoms with Gasteiger partial charge in [0.15, 0.2) is 11.5 Å². The van der Waals surface area contributed by atoms with E-state index in [4.69, 9.17) is 0 Å². The van der Waals surface area contributed by atoms with Crippen LogP contribution in [-0.4, -0.2) is 40.5 Å². The molecule has 20 heavy (non-hydrogen) atoms. The minimum absolute atomic E-state index is 0.0422. The summed E-state index contributed by atoms with van der Waals surface area (Å²) in [4.78, 5) is 24.7. The molecule has 1 amide bonds. The van der Waals surface area contributed by atoms with Gasteiger partial charge in [-0.15, -0.1) is 0 Å². The Labute approximate surface area is 115 Å². The maximum Gasteiger partial charge on any atom is 0.273 e. The maximum absolute atomic E-state index is 13.7. The molecular formula is C14H14FN3O2. The molecule has 0 atom stereocenters. The maximum atomic E-state index is 13.7. The Balaban J connectivity index is 2.51. The Morgan fingerprint density at radius 3 is 2.55 bits per heavy atom. The molecule has 6 heteroatoms. The second-order valence-electron chi connectivity index (χ2n) is 4.54. The predicted molar refractivity (Wildman–Crippen MR) is 71.5 cm³/mol. The Hall–Kier alpha value is -2.50. The fourth-order valence-corrected chi connectivity index (χ4v) is 1.85. The summed E-state index contributed by atoms with van der Waals surface area (Å²) in [5, 5.41) is 4.09. The second kappa shape index (κ2) is 5.24. The summed E-state index contributed by atoms with van der Waals surface area (Å²) in [5.74, 6) is -1.26. The van der Waals surface area contributed by atoms with Gasteiger partial charge in [-0.25, -0.2) is 9.07 Å². The molecule has 0 N–H and O–H groups in total. The highest BCUT2D eigenvalue weighted by Crippen LogP contribution is 2.18. The van der Waals surface area contributed by atoms with Gasteiger partial charge >= 0.3 is 0 Å². The third-order valence-corrected chi connectivity index (χ3v) is 2.80. The molecule has 0 aliphatic heterocycles. The number of amides is 1. The number of hydrogen-bond donors (Lipinski definition) is 0. The van der Waals surface area contributed by atoms with E-state index in [0.29, 0.717) is 5.69 Å². The van der Waals surface area contributed by atoms with Crippen LogP contribution in [0.3, 0.4) is 0 Å². The molecule has 0 unspecified atom stereocenters. The van der Waals surface area contributed by atoms with Crippen molar-refractivity contribution in [3.63, 3.8) is 0 Å². The van der Waals surface area contributed by atoms with Gasteiger partial charge in [0.25, 0.3) is 5.91 Å². The smallest absolute Gasteiger partial charge is 0.273 e. The van der Waals surface area contributed by atoms with Crippen LogP contribution in [0.5, 0.6) is 0 Å². The third kappa shape index (κ3) is 2.45. The molecule has 104 valence electrons. The number of carbonyl (C=O) groups is 2. The van der Waals surface area contributed by atoms with Crippen molar-refractivity contribution in [2.45, 2.75) is 6.92 Å². The first-order valence-electron chi connectivity index (χ1n) is 5.99. The van der Waals surface area contributed by atoms with Crippen LogP contribution in [0, 0.1) is 5.82 Å². The Morgan fingerprint density at radius 2 is 1.95 bits per heavy atom. The number of hydrogen-bond acceptors (Lipinski definition) is 3. The van der Waals surface area contributed by atoms with Gasteiger partial charge in [0.2, 0.25) is 0 Å². The summed E-state index contributed by atoms with van der Waals surface area (Å²) in [5.41, 5.74) is 0.503. The fourth-order valence-electron chi connectivity index (χ4n) is 1.85. The van der Waals surface area contributed by atoms with E-state index < -0.39 is 11.6 Å². The highest BCUT2D eigenvalue weighted by atomic mass is 19.1. The van der Waals surface area contributed by atoms with Gasteiger partial charge in [0.1, 0.15) is 5.82 Å². The van der Waals surface area contributed by atoms with Gasteiger partial charge in [-0.1, -0.05) is 6.07 Å². The van der Waals surface area contributed by atoms with Crippen molar-refractivity contribution in [1.29, 1.82) is 0 Å². The zero-order valence-electron chi connectivity index (χ0n) is 11.4. The minimum Gasteiger partial charge on any atom is -0.343 e. The Kier molecular flexibility index (Phi) is 3.65. The number of Topliss-reactive ketones (excluding diaryl/α,β-unsaturated/α-hetero) is 1. The van der Waals surface area contributed by atoms with Crippen LogP contribution in [-0.2, 0) is 0 Å². The summed E-state index contributed by atoms with van der Waals surface area (Å²) in [7, 11) is 3.23. The van der Waals surface area contributed by atoms with Gasteiger partial charge in [0, 0.05) is 20.3 Å². The van der Waals surface area contributed by atoms with Gasteiger partial charge in [-0.3, -0.25) is 9.59 Å². The molecule has 0 saturated heterocycles. The lowest BCUT2D eigenvalue weighted by Gasteiger charge is -2.09. The Bertz CT molecular complexity index is 677. The van der Waals surface area contributed by atoms with Crippen LogP contribution in [0.2, 0.25) is 0 Å². The highest BCUT2D eigenvalue weighted by molar-refractivity contribution is 5.98. The van der Waals surface area contributed by atoms with Gasteiger partial charge in [0.05, 0.1) is 11.3 Å². The average molecular weight is 275 g/mol. The molecule has 1 aromatic heterocycles. The predicted octanol–water partition coefficient (Wildman–Crippen LogP) is 1.92. The summed E-state index contributed by atoms with van der Waals surface area (Å²) in [6.07, 6.45) is 1.53. The number of aromatic nitrogens is 2. The third-order valence-electron chi connectivity index (χ3n) is 2.80. The molecule has 0 fully saturated rings. The molecule has 0 spiro atoms. The van der Waals surface area contributed by atoms with E-state index in [-0.39, 0.29) is 17.2 Å². The van der Waals surface area contributed by atoms with Crippen LogP contribution in [0.15, 0.2) is 30.5 Å². The standard InChI is InChI=1S/C14H14FN3O2/c1-9(19)13-10(15)5-4-6-12(13)18-8-7-11(16-18)14(20)17(2)3/h4-8H,1-3H3. The van der Waals surface area contributed by atoms with Crippen LogP contribution in [0.25, 0.3) is 5.69 Å². The molecule has 0 aliphatic carbocycles. The number of rotatable bonds is 3. The minimum atomic E-state index is -0.606. The molecule has 0 radical (unpaired) electrons. The zero-order chi connectivity index (χ0) is 14.9. The molecular weight excluding hydrogens is 261 g/mol. The first kappa shape index (κ1) is 13.9. The normalized spacial score (nSPS) is 10.4. The summed E-state index contributed by atoms with van der Waals surface area (Å²) in [6, 6.07) is 5.82. The van der Waals surface area contributed by atoms with Crippen molar-refractivity contribution >= 4 is 11.7 Å². The summed E-state index contributed by atoms with van der Waals surface area (Å²) in [6.45, 7) is 1.29. The molecule has 0 aliphatic rings. The molecule has 5 nitrogen and oxygen atoms in total. The van der Waals surface area contributed by atoms with Crippen molar-refractivity contribution in [1.82, 2.24) is 14.7 Å². The summed E-state index contributed by atoms with van der Waals surface area (Å²) >= 11 is 0. The van der Waals surface area contributed by atoms with E-state index in [1.807, 2.05) is 0 Å². The molecule has 1 heterocycles. The van der Waals surface area contributed by atoms with E-state index in [1.54, 1.807) is 20.2 Å². The lowest BCUT2D eigenvalue weighted by molar-refractivity contribution is 0.0821. The average Bonchev–Trinajstić information content (AvgIpc) is 2.86. The first-order chi connectivity index (χ1) is 9.41. The number of ketones is 1. The molecule has 2 rings (SSSR count). The Morgan fingerprint density at radius 1 is 1.25 bits per heavy atom. The monoisotopic (exact) mass is 275 g/mol. The fraction of sp³-hybridized carbons (Fsp3) is 0.214. The van der Waals surface area contributed by atoms with E-state index >= 15 is 0 Å². The largest absolute Gasteiger partial charge is 0.343 e. The molecule has 1 aromatic carbocycles. The van der Waals surface area contributed by atoms with Crippen LogP contribution in [0.4, 0.5) is 4.39 Å². The highest BCUT2D eigenvalue weighted by Gasteiger charge is 2.17. The number of benzene rings is 1. The number of nitrogens with zero attached hydrogens (tertiary/aromatic N) is 3. The van der Waals surface area contributed by atoms with Crippen LogP contribution in [0.1, 0.15) is 27.8 Å². The second-order valence-corrected chi connectivity index (χ2v) is 4.54.